The van der Waals surface area contributed by atoms with Crippen molar-refractivity contribution in [2.45, 2.75) is 40.0 Å². The predicted molar refractivity (Wildman–Crippen MR) is 87.2 cm³/mol. The summed E-state index contributed by atoms with van der Waals surface area (Å²) >= 11 is 0. The van der Waals surface area contributed by atoms with Gasteiger partial charge in [-0.2, -0.15) is 0 Å². The number of benzene rings is 1. The summed E-state index contributed by atoms with van der Waals surface area (Å²) < 4.78 is 0. The van der Waals surface area contributed by atoms with Gasteiger partial charge in [-0.1, -0.05) is 57.7 Å². The molecule has 0 radical (unpaired) electrons. The lowest BCUT2D eigenvalue weighted by Crippen LogP contribution is -1.98. The molecule has 0 aliphatic rings. The van der Waals surface area contributed by atoms with Gasteiger partial charge in [0.15, 0.2) is 0 Å². The Kier molecular flexibility index (Phi) is 6.73. The predicted octanol–water partition coefficient (Wildman–Crippen LogP) is 5.78. The van der Waals surface area contributed by atoms with Crippen LogP contribution in [-0.2, 0) is 0 Å². The topological polar surface area (TPSA) is 12.0 Å². The zero-order chi connectivity index (χ0) is 14.1. The van der Waals surface area contributed by atoms with Crippen molar-refractivity contribution in [1.82, 2.24) is 0 Å². The molecule has 0 aliphatic carbocycles. The molecule has 19 heavy (non-hydrogen) atoms. The van der Waals surface area contributed by atoms with E-state index in [1.165, 1.54) is 11.3 Å². The summed E-state index contributed by atoms with van der Waals surface area (Å²) in [6.45, 7) is 10.5. The normalized spacial score (nSPS) is 11.8. The van der Waals surface area contributed by atoms with E-state index in [1.54, 1.807) is 0 Å². The van der Waals surface area contributed by atoms with Gasteiger partial charge in [0.1, 0.15) is 0 Å². The van der Waals surface area contributed by atoms with Gasteiger partial charge in [0.25, 0.3) is 0 Å². The Hall–Kier alpha value is -1.76. The van der Waals surface area contributed by atoms with Gasteiger partial charge >= 0.3 is 0 Å². The van der Waals surface area contributed by atoms with Gasteiger partial charge in [-0.05, 0) is 42.5 Å². The maximum absolute atomic E-state index is 4.08. The quantitative estimate of drug-likeness (QED) is 0.609. The molecule has 1 heteroatoms. The Morgan fingerprint density at radius 1 is 1.11 bits per heavy atom. The molecule has 0 aromatic heterocycles. The van der Waals surface area contributed by atoms with Crippen LogP contribution in [0.5, 0.6) is 0 Å². The van der Waals surface area contributed by atoms with Crippen molar-refractivity contribution in [3.05, 3.63) is 60.3 Å². The zero-order valence-electron chi connectivity index (χ0n) is 12.4. The minimum Gasteiger partial charge on any atom is -0.359 e. The molecule has 102 valence electrons. The van der Waals surface area contributed by atoms with E-state index in [0.29, 0.717) is 0 Å². The van der Waals surface area contributed by atoms with Crippen molar-refractivity contribution in [1.29, 1.82) is 0 Å². The summed E-state index contributed by atoms with van der Waals surface area (Å²) in [6.07, 6.45) is 9.58. The molecule has 1 rings (SSSR count). The molecule has 0 atom stereocenters. The first-order valence-corrected chi connectivity index (χ1v) is 7.13. The lowest BCUT2D eigenvalue weighted by molar-refractivity contribution is 1.06. The molecule has 0 bridgehead atoms. The standard InChI is InChI=1S/C18H25N/c1-5-8-10-15(4)16-11-13-18(14-12-16)19-17(7-3)9-6-2/h8-14,19H,4-7H2,1-3H3/b10-8-,17-9+. The first kappa shape index (κ1) is 15.3. The lowest BCUT2D eigenvalue weighted by Gasteiger charge is -2.10. The Morgan fingerprint density at radius 2 is 1.79 bits per heavy atom. The maximum atomic E-state index is 4.08. The van der Waals surface area contributed by atoms with Crippen LogP contribution in [0, 0.1) is 0 Å². The van der Waals surface area contributed by atoms with Crippen LogP contribution in [0.1, 0.15) is 45.6 Å². The molecule has 0 unspecified atom stereocenters. The van der Waals surface area contributed by atoms with E-state index in [2.05, 4.69) is 75.2 Å². The van der Waals surface area contributed by atoms with Crippen molar-refractivity contribution in [2.24, 2.45) is 0 Å². The minimum absolute atomic E-state index is 1.03. The monoisotopic (exact) mass is 255 g/mol. The third-order valence-corrected chi connectivity index (χ3v) is 2.95. The largest absolute Gasteiger partial charge is 0.359 e. The molecule has 0 saturated heterocycles. The molecular weight excluding hydrogens is 230 g/mol. The molecule has 1 aromatic rings. The van der Waals surface area contributed by atoms with Crippen molar-refractivity contribution in [2.75, 3.05) is 5.32 Å². The van der Waals surface area contributed by atoms with E-state index in [1.807, 2.05) is 0 Å². The first-order chi connectivity index (χ1) is 9.21. The smallest absolute Gasteiger partial charge is 0.0382 e. The van der Waals surface area contributed by atoms with Crippen molar-refractivity contribution in [3.8, 4) is 0 Å². The fraction of sp³-hybridized carbons (Fsp3) is 0.333. The Labute approximate surface area is 117 Å². The Balaban J connectivity index is 2.73. The SMILES string of the molecule is C=C(/C=C\CC)c1ccc(N/C(=C/CC)CC)cc1. The summed E-state index contributed by atoms with van der Waals surface area (Å²) in [6, 6.07) is 8.45. The van der Waals surface area contributed by atoms with E-state index < -0.39 is 0 Å². The lowest BCUT2D eigenvalue weighted by atomic mass is 10.1. The third-order valence-electron chi connectivity index (χ3n) is 2.95. The fourth-order valence-electron chi connectivity index (χ4n) is 1.84. The van der Waals surface area contributed by atoms with Gasteiger partial charge in [0.2, 0.25) is 0 Å². The summed E-state index contributed by atoms with van der Waals surface area (Å²) in [5, 5.41) is 3.45. The van der Waals surface area contributed by atoms with Gasteiger partial charge in [-0.25, -0.2) is 0 Å². The van der Waals surface area contributed by atoms with Crippen LogP contribution in [-0.4, -0.2) is 0 Å². The van der Waals surface area contributed by atoms with Crippen molar-refractivity contribution < 1.29 is 0 Å². The molecule has 1 nitrogen and oxygen atoms in total. The van der Waals surface area contributed by atoms with Crippen LogP contribution in [0.25, 0.3) is 5.57 Å². The summed E-state index contributed by atoms with van der Waals surface area (Å²) in [5.41, 5.74) is 4.65. The molecule has 0 heterocycles. The van der Waals surface area contributed by atoms with Crippen LogP contribution in [0.4, 0.5) is 5.69 Å². The highest BCUT2D eigenvalue weighted by Gasteiger charge is 1.98. The second-order valence-corrected chi connectivity index (χ2v) is 4.53. The number of nitrogens with one attached hydrogen (secondary N) is 1. The van der Waals surface area contributed by atoms with Gasteiger partial charge < -0.3 is 5.32 Å². The van der Waals surface area contributed by atoms with Gasteiger partial charge in [-0.3, -0.25) is 0 Å². The first-order valence-electron chi connectivity index (χ1n) is 7.13. The van der Waals surface area contributed by atoms with Crippen LogP contribution >= 0.6 is 0 Å². The molecular formula is C18H25N. The van der Waals surface area contributed by atoms with E-state index in [-0.39, 0.29) is 0 Å². The molecule has 0 amide bonds. The van der Waals surface area contributed by atoms with Crippen molar-refractivity contribution in [3.63, 3.8) is 0 Å². The van der Waals surface area contributed by atoms with Crippen LogP contribution in [0.2, 0.25) is 0 Å². The molecule has 1 aromatic carbocycles. The minimum atomic E-state index is 1.03. The highest BCUT2D eigenvalue weighted by Crippen LogP contribution is 2.19. The average Bonchev–Trinajstić information content (AvgIpc) is 2.45. The zero-order valence-corrected chi connectivity index (χ0v) is 12.4. The van der Waals surface area contributed by atoms with Crippen molar-refractivity contribution >= 4 is 11.3 Å². The second-order valence-electron chi connectivity index (χ2n) is 4.53. The molecule has 1 N–H and O–H groups in total. The van der Waals surface area contributed by atoms with Crippen LogP contribution < -0.4 is 5.32 Å². The highest BCUT2D eigenvalue weighted by molar-refractivity contribution is 5.73. The molecule has 0 aliphatic heterocycles. The summed E-state index contributed by atoms with van der Waals surface area (Å²) in [4.78, 5) is 0. The third kappa shape index (κ3) is 5.17. The number of anilines is 1. The Morgan fingerprint density at radius 3 is 2.32 bits per heavy atom. The molecule has 0 spiro atoms. The van der Waals surface area contributed by atoms with Gasteiger partial charge in [-0.15, -0.1) is 0 Å². The van der Waals surface area contributed by atoms with E-state index in [4.69, 9.17) is 0 Å². The number of hydrogen-bond acceptors (Lipinski definition) is 1. The highest BCUT2D eigenvalue weighted by atomic mass is 14.9. The number of allylic oxidation sites excluding steroid dienone is 5. The molecule has 0 saturated carbocycles. The van der Waals surface area contributed by atoms with Crippen LogP contribution in [0.15, 0.2) is 54.8 Å². The van der Waals surface area contributed by atoms with E-state index >= 15 is 0 Å². The van der Waals surface area contributed by atoms with Gasteiger partial charge in [0, 0.05) is 11.4 Å². The molecule has 0 fully saturated rings. The maximum Gasteiger partial charge on any atom is 0.0382 e. The number of rotatable bonds is 7. The summed E-state index contributed by atoms with van der Waals surface area (Å²) in [7, 11) is 0. The van der Waals surface area contributed by atoms with Gasteiger partial charge in [0.05, 0.1) is 0 Å². The van der Waals surface area contributed by atoms with E-state index in [9.17, 15) is 0 Å². The number of hydrogen-bond donors (Lipinski definition) is 1. The fourth-order valence-corrected chi connectivity index (χ4v) is 1.84. The Bertz CT molecular complexity index is 449. The van der Waals surface area contributed by atoms with Crippen LogP contribution in [0.3, 0.4) is 0 Å². The summed E-state index contributed by atoms with van der Waals surface area (Å²) in [5.74, 6) is 0. The van der Waals surface area contributed by atoms with E-state index in [0.717, 1.165) is 30.5 Å². The average molecular weight is 255 g/mol. The second kappa shape index (κ2) is 8.36.